The smallest absolute Gasteiger partial charge is 0.247 e. The van der Waals surface area contributed by atoms with Crippen LogP contribution in [0.2, 0.25) is 5.02 Å². The van der Waals surface area contributed by atoms with Gasteiger partial charge in [-0.1, -0.05) is 11.6 Å². The molecule has 1 aromatic carbocycles. The summed E-state index contributed by atoms with van der Waals surface area (Å²) >= 11 is 6.22. The van der Waals surface area contributed by atoms with Gasteiger partial charge in [0.25, 0.3) is 0 Å². The molecular weight excluding hydrogens is 368 g/mol. The van der Waals surface area contributed by atoms with E-state index < -0.39 is 0 Å². The third kappa shape index (κ3) is 7.51. The van der Waals surface area contributed by atoms with Gasteiger partial charge in [-0.25, -0.2) is 0 Å². The Bertz CT molecular complexity index is 696. The van der Waals surface area contributed by atoms with Crippen molar-refractivity contribution in [2.75, 3.05) is 26.8 Å². The van der Waals surface area contributed by atoms with E-state index in [-0.39, 0.29) is 23.9 Å². The van der Waals surface area contributed by atoms with E-state index in [0.717, 1.165) is 0 Å². The number of ether oxygens (including phenoxy) is 2. The van der Waals surface area contributed by atoms with Crippen LogP contribution in [0.3, 0.4) is 0 Å². The van der Waals surface area contributed by atoms with Crippen LogP contribution in [-0.4, -0.2) is 49.1 Å². The van der Waals surface area contributed by atoms with Crippen molar-refractivity contribution in [1.29, 1.82) is 0 Å². The lowest BCUT2D eigenvalue weighted by molar-refractivity contribution is -0.132. The van der Waals surface area contributed by atoms with E-state index in [1.165, 1.54) is 18.1 Å². The third-order valence-electron chi connectivity index (χ3n) is 3.50. The second-order valence-corrected chi connectivity index (χ2v) is 7.36. The number of carbonyl (C=O) groups excluding carboxylic acids is 2. The minimum Gasteiger partial charge on any atom is -0.491 e. The molecule has 7 heteroatoms. The zero-order chi connectivity index (χ0) is 20.6. The number of benzene rings is 1. The molecule has 0 unspecified atom stereocenters. The molecular formula is C20H29ClN2O4. The number of nitrogens with zero attached hydrogens (tertiary/aromatic N) is 1. The van der Waals surface area contributed by atoms with E-state index in [9.17, 15) is 9.59 Å². The van der Waals surface area contributed by atoms with Gasteiger partial charge in [-0.2, -0.15) is 0 Å². The summed E-state index contributed by atoms with van der Waals surface area (Å²) < 4.78 is 10.8. The van der Waals surface area contributed by atoms with Crippen LogP contribution in [0.25, 0.3) is 6.08 Å². The van der Waals surface area contributed by atoms with Gasteiger partial charge >= 0.3 is 0 Å². The zero-order valence-corrected chi connectivity index (χ0v) is 17.6. The first-order chi connectivity index (χ1) is 12.6. The molecule has 2 amide bonds. The van der Waals surface area contributed by atoms with Crippen molar-refractivity contribution in [3.63, 3.8) is 0 Å². The summed E-state index contributed by atoms with van der Waals surface area (Å²) in [5, 5.41) is 3.25. The van der Waals surface area contributed by atoms with Crippen LogP contribution in [0, 0.1) is 0 Å². The fraction of sp³-hybridized carbons (Fsp3) is 0.500. The lowest BCUT2D eigenvalue weighted by Crippen LogP contribution is -2.47. The van der Waals surface area contributed by atoms with E-state index in [2.05, 4.69) is 5.32 Å². The predicted octanol–water partition coefficient (Wildman–Crippen LogP) is 3.52. The van der Waals surface area contributed by atoms with Gasteiger partial charge in [-0.3, -0.25) is 9.59 Å². The van der Waals surface area contributed by atoms with Crippen molar-refractivity contribution in [1.82, 2.24) is 10.2 Å². The molecule has 0 aliphatic rings. The monoisotopic (exact) mass is 396 g/mol. The molecule has 0 saturated carbocycles. The highest BCUT2D eigenvalue weighted by Crippen LogP contribution is 2.36. The Balaban J connectivity index is 2.90. The van der Waals surface area contributed by atoms with Crippen molar-refractivity contribution < 1.29 is 19.1 Å². The SMILES string of the molecule is CCOc1cc(/C=C/C(=O)N(CC)CC(=O)NC(C)(C)C)cc(Cl)c1OC. The van der Waals surface area contributed by atoms with Gasteiger partial charge in [0.1, 0.15) is 0 Å². The highest BCUT2D eigenvalue weighted by molar-refractivity contribution is 6.32. The molecule has 0 aromatic heterocycles. The maximum absolute atomic E-state index is 12.4. The maximum Gasteiger partial charge on any atom is 0.247 e. The van der Waals surface area contributed by atoms with Gasteiger partial charge in [-0.05, 0) is 58.4 Å². The standard InChI is InChI=1S/C20H29ClN2O4/c1-7-23(13-17(24)22-20(3,4)5)18(25)10-9-14-11-15(21)19(26-6)16(12-14)27-8-2/h9-12H,7-8,13H2,1-6H3,(H,22,24)/b10-9+. The zero-order valence-electron chi connectivity index (χ0n) is 16.9. The molecule has 0 aliphatic carbocycles. The van der Waals surface area contributed by atoms with Crippen molar-refractivity contribution in [3.8, 4) is 11.5 Å². The van der Waals surface area contributed by atoms with Crippen LogP contribution < -0.4 is 14.8 Å². The molecule has 0 saturated heterocycles. The summed E-state index contributed by atoms with van der Waals surface area (Å²) in [7, 11) is 1.52. The molecule has 27 heavy (non-hydrogen) atoms. The summed E-state index contributed by atoms with van der Waals surface area (Å²) in [6.07, 6.45) is 3.06. The lowest BCUT2D eigenvalue weighted by Gasteiger charge is -2.24. The number of methoxy groups -OCH3 is 1. The Kier molecular flexibility index (Phi) is 8.63. The Hall–Kier alpha value is -2.21. The minimum atomic E-state index is -0.342. The van der Waals surface area contributed by atoms with E-state index in [1.54, 1.807) is 18.2 Å². The van der Waals surface area contributed by atoms with Gasteiger partial charge in [0.2, 0.25) is 11.8 Å². The first-order valence-corrected chi connectivity index (χ1v) is 9.27. The molecule has 6 nitrogen and oxygen atoms in total. The molecule has 0 aliphatic heterocycles. The normalized spacial score (nSPS) is 11.4. The summed E-state index contributed by atoms with van der Waals surface area (Å²) in [4.78, 5) is 26.0. The van der Waals surface area contributed by atoms with Crippen LogP contribution in [-0.2, 0) is 9.59 Å². The number of carbonyl (C=O) groups is 2. The molecule has 0 heterocycles. The highest BCUT2D eigenvalue weighted by atomic mass is 35.5. The Labute approximate surface area is 166 Å². The number of likely N-dealkylation sites (N-methyl/N-ethyl adjacent to an activating group) is 1. The van der Waals surface area contributed by atoms with Gasteiger partial charge in [0, 0.05) is 18.2 Å². The second kappa shape index (κ2) is 10.2. The average molecular weight is 397 g/mol. The maximum atomic E-state index is 12.4. The van der Waals surface area contributed by atoms with Crippen LogP contribution in [0.4, 0.5) is 0 Å². The lowest BCUT2D eigenvalue weighted by atomic mass is 10.1. The van der Waals surface area contributed by atoms with Gasteiger partial charge in [0.05, 0.1) is 25.3 Å². The number of hydrogen-bond donors (Lipinski definition) is 1. The van der Waals surface area contributed by atoms with Crippen molar-refractivity contribution in [2.24, 2.45) is 0 Å². The van der Waals surface area contributed by atoms with Gasteiger partial charge in [-0.15, -0.1) is 0 Å². The molecule has 0 atom stereocenters. The van der Waals surface area contributed by atoms with Gasteiger partial charge < -0.3 is 19.7 Å². The van der Waals surface area contributed by atoms with Crippen molar-refractivity contribution in [3.05, 3.63) is 28.8 Å². The predicted molar refractivity (Wildman–Crippen MR) is 108 cm³/mol. The molecule has 0 radical (unpaired) electrons. The van der Waals surface area contributed by atoms with E-state index >= 15 is 0 Å². The summed E-state index contributed by atoms with van der Waals surface area (Å²) in [5.41, 5.74) is 0.359. The Morgan fingerprint density at radius 1 is 1.26 bits per heavy atom. The van der Waals surface area contributed by atoms with Crippen LogP contribution >= 0.6 is 11.6 Å². The van der Waals surface area contributed by atoms with E-state index in [0.29, 0.717) is 35.2 Å². The number of rotatable bonds is 8. The summed E-state index contributed by atoms with van der Waals surface area (Å²) in [5.74, 6) is 0.510. The van der Waals surface area contributed by atoms with E-state index in [4.69, 9.17) is 21.1 Å². The average Bonchev–Trinajstić information content (AvgIpc) is 2.56. The number of amides is 2. The minimum absolute atomic E-state index is 0.00447. The van der Waals surface area contributed by atoms with Crippen LogP contribution in [0.15, 0.2) is 18.2 Å². The molecule has 1 N–H and O–H groups in total. The van der Waals surface area contributed by atoms with E-state index in [1.807, 2.05) is 34.6 Å². The fourth-order valence-electron chi connectivity index (χ4n) is 2.39. The molecule has 1 aromatic rings. The Morgan fingerprint density at radius 3 is 2.44 bits per heavy atom. The molecule has 0 fully saturated rings. The van der Waals surface area contributed by atoms with Crippen LogP contribution in [0.1, 0.15) is 40.2 Å². The van der Waals surface area contributed by atoms with Crippen molar-refractivity contribution >= 4 is 29.5 Å². The summed E-state index contributed by atoms with van der Waals surface area (Å²) in [6, 6.07) is 3.44. The van der Waals surface area contributed by atoms with Crippen LogP contribution in [0.5, 0.6) is 11.5 Å². The number of nitrogens with one attached hydrogen (secondary N) is 1. The number of halogens is 1. The topological polar surface area (TPSA) is 67.9 Å². The van der Waals surface area contributed by atoms with Crippen molar-refractivity contribution in [2.45, 2.75) is 40.2 Å². The molecule has 150 valence electrons. The third-order valence-corrected chi connectivity index (χ3v) is 3.78. The molecule has 1 rings (SSSR count). The largest absolute Gasteiger partial charge is 0.491 e. The molecule has 0 spiro atoms. The quantitative estimate of drug-likeness (QED) is 0.682. The van der Waals surface area contributed by atoms with Gasteiger partial charge in [0.15, 0.2) is 11.5 Å². The second-order valence-electron chi connectivity index (χ2n) is 6.95. The number of hydrogen-bond acceptors (Lipinski definition) is 4. The molecule has 0 bridgehead atoms. The fourth-order valence-corrected chi connectivity index (χ4v) is 2.69. The highest BCUT2D eigenvalue weighted by Gasteiger charge is 2.18. The summed E-state index contributed by atoms with van der Waals surface area (Å²) in [6.45, 7) is 10.3. The Morgan fingerprint density at radius 2 is 1.93 bits per heavy atom. The first kappa shape index (κ1) is 22.8. The first-order valence-electron chi connectivity index (χ1n) is 8.89.